The highest BCUT2D eigenvalue weighted by Crippen LogP contribution is 2.41. The lowest BCUT2D eigenvalue weighted by Gasteiger charge is -2.23. The smallest absolute Gasteiger partial charge is 0.170 e. The van der Waals surface area contributed by atoms with Crippen molar-refractivity contribution in [2.45, 2.75) is 18.8 Å². The lowest BCUT2D eigenvalue weighted by Crippen LogP contribution is -2.25. The Labute approximate surface area is 130 Å². The summed E-state index contributed by atoms with van der Waals surface area (Å²) in [7, 11) is 3.06. The molecule has 1 aromatic rings. The molecule has 1 fully saturated rings. The molecule has 1 aliphatic carbocycles. The third-order valence-electron chi connectivity index (χ3n) is 3.54. The monoisotopic (exact) mass is 354 g/mol. The van der Waals surface area contributed by atoms with Gasteiger partial charge in [0.2, 0.25) is 0 Å². The summed E-state index contributed by atoms with van der Waals surface area (Å²) in [5.74, 6) is 0.167. The second-order valence-corrected chi connectivity index (χ2v) is 5.58. The Kier molecular flexibility index (Phi) is 4.67. The van der Waals surface area contributed by atoms with Crippen LogP contribution < -0.4 is 9.47 Å². The van der Waals surface area contributed by atoms with Crippen molar-refractivity contribution in [3.63, 3.8) is 0 Å². The van der Waals surface area contributed by atoms with E-state index in [0.717, 1.165) is 10.0 Å². The number of hydrogen-bond acceptors (Lipinski definition) is 5. The number of carbonyl (C=O) groups excluding carboxylic acids is 2. The first kappa shape index (κ1) is 15.6. The van der Waals surface area contributed by atoms with Gasteiger partial charge in [0, 0.05) is 17.3 Å². The summed E-state index contributed by atoms with van der Waals surface area (Å²) in [6, 6.07) is 3.52. The molecule has 1 N–H and O–H groups in total. The van der Waals surface area contributed by atoms with E-state index in [0.29, 0.717) is 17.8 Å². The second-order valence-electron chi connectivity index (χ2n) is 4.72. The van der Waals surface area contributed by atoms with Gasteiger partial charge in [0.15, 0.2) is 23.1 Å². The summed E-state index contributed by atoms with van der Waals surface area (Å²) in [4.78, 5) is 23.8. The summed E-state index contributed by atoms with van der Waals surface area (Å²) in [5.41, 5.74) is 0.689. The zero-order valence-electron chi connectivity index (χ0n) is 11.7. The van der Waals surface area contributed by atoms with Crippen LogP contribution in [0.2, 0.25) is 0 Å². The van der Waals surface area contributed by atoms with Crippen LogP contribution in [0.3, 0.4) is 0 Å². The SMILES string of the molecule is COc1cc(Br)c(C2CC(=O)C(=CO)C(=O)C2)cc1OC. The molecule has 1 aliphatic rings. The molecular formula is C15H15BrO5. The third-order valence-corrected chi connectivity index (χ3v) is 4.22. The molecule has 0 saturated heterocycles. The highest BCUT2D eigenvalue weighted by molar-refractivity contribution is 9.10. The molecule has 0 amide bonds. The van der Waals surface area contributed by atoms with Crippen LogP contribution >= 0.6 is 15.9 Å². The number of allylic oxidation sites excluding steroid dienone is 1. The molecular weight excluding hydrogens is 340 g/mol. The van der Waals surface area contributed by atoms with Gasteiger partial charge in [0.25, 0.3) is 0 Å². The van der Waals surface area contributed by atoms with Gasteiger partial charge >= 0.3 is 0 Å². The predicted octanol–water partition coefficient (Wildman–Crippen LogP) is 2.92. The molecule has 0 atom stereocenters. The number of hydrogen-bond donors (Lipinski definition) is 1. The van der Waals surface area contributed by atoms with Crippen LogP contribution in [0, 0.1) is 0 Å². The zero-order valence-corrected chi connectivity index (χ0v) is 13.3. The van der Waals surface area contributed by atoms with E-state index in [1.807, 2.05) is 0 Å². The van der Waals surface area contributed by atoms with Crippen LogP contribution in [0.5, 0.6) is 11.5 Å². The maximum Gasteiger partial charge on any atom is 0.170 e. The van der Waals surface area contributed by atoms with E-state index in [-0.39, 0.29) is 35.9 Å². The first-order valence-corrected chi connectivity index (χ1v) is 7.13. The number of Topliss-reactive ketones (excluding diaryl/α,β-unsaturated/α-hetero) is 2. The Balaban J connectivity index is 2.39. The Morgan fingerprint density at radius 1 is 1.14 bits per heavy atom. The maximum atomic E-state index is 11.9. The van der Waals surface area contributed by atoms with Gasteiger partial charge < -0.3 is 14.6 Å². The van der Waals surface area contributed by atoms with Crippen LogP contribution in [0.15, 0.2) is 28.4 Å². The van der Waals surface area contributed by atoms with E-state index in [9.17, 15) is 9.59 Å². The number of ether oxygens (including phenoxy) is 2. The van der Waals surface area contributed by atoms with Crippen molar-refractivity contribution >= 4 is 27.5 Å². The minimum Gasteiger partial charge on any atom is -0.515 e. The molecule has 1 saturated carbocycles. The summed E-state index contributed by atoms with van der Waals surface area (Å²) in [6.45, 7) is 0. The van der Waals surface area contributed by atoms with Crippen molar-refractivity contribution in [2.24, 2.45) is 0 Å². The van der Waals surface area contributed by atoms with Crippen LogP contribution in [0.1, 0.15) is 24.3 Å². The fourth-order valence-electron chi connectivity index (χ4n) is 2.44. The quantitative estimate of drug-likeness (QED) is 0.513. The van der Waals surface area contributed by atoms with Crippen molar-refractivity contribution in [3.05, 3.63) is 34.0 Å². The van der Waals surface area contributed by atoms with Crippen molar-refractivity contribution in [1.29, 1.82) is 0 Å². The lowest BCUT2D eigenvalue weighted by molar-refractivity contribution is -0.124. The first-order chi connectivity index (χ1) is 10.0. The molecule has 0 heterocycles. The molecule has 0 unspecified atom stereocenters. The summed E-state index contributed by atoms with van der Waals surface area (Å²) < 4.78 is 11.2. The Hall–Kier alpha value is -1.82. The Morgan fingerprint density at radius 3 is 2.14 bits per heavy atom. The number of carbonyl (C=O) groups is 2. The number of methoxy groups -OCH3 is 2. The zero-order chi connectivity index (χ0) is 15.6. The van der Waals surface area contributed by atoms with E-state index in [2.05, 4.69) is 15.9 Å². The Morgan fingerprint density at radius 2 is 1.67 bits per heavy atom. The molecule has 112 valence electrons. The fraction of sp³-hybridized carbons (Fsp3) is 0.333. The number of rotatable bonds is 3. The molecule has 2 rings (SSSR count). The maximum absolute atomic E-state index is 11.9. The molecule has 0 bridgehead atoms. The van der Waals surface area contributed by atoms with E-state index in [1.54, 1.807) is 12.1 Å². The number of ketones is 2. The van der Waals surface area contributed by atoms with Gasteiger partial charge in [0.1, 0.15) is 0 Å². The van der Waals surface area contributed by atoms with Crippen LogP contribution in [0.4, 0.5) is 0 Å². The topological polar surface area (TPSA) is 72.8 Å². The number of benzene rings is 1. The average molecular weight is 355 g/mol. The second kappa shape index (κ2) is 6.30. The molecule has 5 nitrogen and oxygen atoms in total. The normalized spacial score (nSPS) is 18.6. The lowest BCUT2D eigenvalue weighted by atomic mass is 9.80. The van der Waals surface area contributed by atoms with E-state index < -0.39 is 0 Å². The molecule has 0 aliphatic heterocycles. The summed E-state index contributed by atoms with van der Waals surface area (Å²) in [6.07, 6.45) is 0.947. The molecule has 21 heavy (non-hydrogen) atoms. The average Bonchev–Trinajstić information content (AvgIpc) is 2.46. The molecule has 0 aromatic heterocycles. The largest absolute Gasteiger partial charge is 0.515 e. The van der Waals surface area contributed by atoms with Gasteiger partial charge in [-0.3, -0.25) is 9.59 Å². The van der Waals surface area contributed by atoms with Crippen LogP contribution in [-0.4, -0.2) is 30.9 Å². The number of aliphatic hydroxyl groups excluding tert-OH is 1. The minimum atomic E-state index is -0.347. The molecule has 0 radical (unpaired) electrons. The minimum absolute atomic E-state index is 0.122. The van der Waals surface area contributed by atoms with Crippen molar-refractivity contribution < 1.29 is 24.2 Å². The van der Waals surface area contributed by atoms with Crippen LogP contribution in [-0.2, 0) is 9.59 Å². The standard InChI is InChI=1S/C15H15BrO5/c1-20-14-5-9(11(16)6-15(14)21-2)8-3-12(18)10(7-17)13(19)4-8/h5-8,17H,3-4H2,1-2H3. The highest BCUT2D eigenvalue weighted by Gasteiger charge is 2.33. The van der Waals surface area contributed by atoms with Gasteiger partial charge in [-0.1, -0.05) is 15.9 Å². The van der Waals surface area contributed by atoms with E-state index >= 15 is 0 Å². The number of halogens is 1. The molecule has 6 heteroatoms. The third kappa shape index (κ3) is 2.95. The van der Waals surface area contributed by atoms with Gasteiger partial charge in [-0.2, -0.15) is 0 Å². The van der Waals surface area contributed by atoms with Gasteiger partial charge in [-0.15, -0.1) is 0 Å². The highest BCUT2D eigenvalue weighted by atomic mass is 79.9. The van der Waals surface area contributed by atoms with Crippen molar-refractivity contribution in [2.75, 3.05) is 14.2 Å². The number of aliphatic hydroxyl groups is 1. The van der Waals surface area contributed by atoms with Crippen LogP contribution in [0.25, 0.3) is 0 Å². The van der Waals surface area contributed by atoms with Gasteiger partial charge in [-0.05, 0) is 23.6 Å². The van der Waals surface area contributed by atoms with Crippen molar-refractivity contribution in [1.82, 2.24) is 0 Å². The molecule has 0 spiro atoms. The van der Waals surface area contributed by atoms with Crippen molar-refractivity contribution in [3.8, 4) is 11.5 Å². The first-order valence-electron chi connectivity index (χ1n) is 6.34. The summed E-state index contributed by atoms with van der Waals surface area (Å²) in [5, 5.41) is 8.94. The van der Waals surface area contributed by atoms with E-state index in [1.165, 1.54) is 14.2 Å². The van der Waals surface area contributed by atoms with Gasteiger partial charge in [-0.25, -0.2) is 0 Å². The predicted molar refractivity (Wildman–Crippen MR) is 79.9 cm³/mol. The molecule has 1 aromatic carbocycles. The summed E-state index contributed by atoms with van der Waals surface area (Å²) >= 11 is 3.44. The fourth-order valence-corrected chi connectivity index (χ4v) is 3.09. The Bertz CT molecular complexity index is 601. The van der Waals surface area contributed by atoms with E-state index in [4.69, 9.17) is 14.6 Å². The van der Waals surface area contributed by atoms with Gasteiger partial charge in [0.05, 0.1) is 26.1 Å².